The van der Waals surface area contributed by atoms with Gasteiger partial charge in [0.1, 0.15) is 5.82 Å². The van der Waals surface area contributed by atoms with Crippen LogP contribution in [0, 0.1) is 5.41 Å². The summed E-state index contributed by atoms with van der Waals surface area (Å²) in [5.41, 5.74) is -0.829. The van der Waals surface area contributed by atoms with Crippen molar-refractivity contribution < 1.29 is 14.7 Å². The van der Waals surface area contributed by atoms with E-state index in [4.69, 9.17) is 0 Å². The molecule has 2 N–H and O–H groups in total. The maximum absolute atomic E-state index is 12.5. The third kappa shape index (κ3) is 3.18. The van der Waals surface area contributed by atoms with Gasteiger partial charge in [-0.15, -0.1) is 0 Å². The van der Waals surface area contributed by atoms with E-state index in [1.165, 1.54) is 0 Å². The van der Waals surface area contributed by atoms with E-state index in [9.17, 15) is 14.7 Å². The first-order chi connectivity index (χ1) is 11.4. The van der Waals surface area contributed by atoms with Crippen LogP contribution in [0.3, 0.4) is 0 Å². The van der Waals surface area contributed by atoms with Crippen molar-refractivity contribution in [2.45, 2.75) is 32.2 Å². The van der Waals surface area contributed by atoms with Crippen molar-refractivity contribution >= 4 is 17.8 Å². The molecular formula is C16H25N5O3. The van der Waals surface area contributed by atoms with Crippen LogP contribution in [0.2, 0.25) is 0 Å². The number of carbonyl (C=O) groups excluding carboxylic acids is 1. The van der Waals surface area contributed by atoms with Gasteiger partial charge < -0.3 is 20.2 Å². The highest BCUT2D eigenvalue weighted by Gasteiger charge is 2.42. The predicted octanol–water partition coefficient (Wildman–Crippen LogP) is 0.895. The molecule has 1 aromatic rings. The van der Waals surface area contributed by atoms with Crippen molar-refractivity contribution in [3.8, 4) is 0 Å². The van der Waals surface area contributed by atoms with Crippen LogP contribution in [-0.2, 0) is 11.8 Å². The van der Waals surface area contributed by atoms with E-state index >= 15 is 0 Å². The number of urea groups is 1. The molecule has 24 heavy (non-hydrogen) atoms. The molecule has 2 atom stereocenters. The lowest BCUT2D eigenvalue weighted by molar-refractivity contribution is -0.147. The zero-order chi connectivity index (χ0) is 17.3. The van der Waals surface area contributed by atoms with E-state index in [0.29, 0.717) is 13.0 Å². The minimum Gasteiger partial charge on any atom is -0.481 e. The molecule has 1 aromatic heterocycles. The lowest BCUT2D eigenvalue weighted by Crippen LogP contribution is -2.52. The number of hydrogen-bond acceptors (Lipinski definition) is 4. The smallest absolute Gasteiger partial charge is 0.317 e. The molecule has 2 unspecified atom stereocenters. The van der Waals surface area contributed by atoms with Gasteiger partial charge in [-0.2, -0.15) is 5.10 Å². The van der Waals surface area contributed by atoms with Gasteiger partial charge in [-0.25, -0.2) is 4.79 Å². The summed E-state index contributed by atoms with van der Waals surface area (Å²) >= 11 is 0. The molecule has 2 aliphatic rings. The van der Waals surface area contributed by atoms with Crippen LogP contribution in [0.1, 0.15) is 26.2 Å². The van der Waals surface area contributed by atoms with Gasteiger partial charge in [-0.05, 0) is 26.2 Å². The molecule has 8 heteroatoms. The van der Waals surface area contributed by atoms with Crippen molar-refractivity contribution in [2.24, 2.45) is 12.5 Å². The number of nitrogens with one attached hydrogen (secondary N) is 1. The Morgan fingerprint density at radius 2 is 2.21 bits per heavy atom. The SMILES string of the molecule is Cn1nccc1N1CCCC(NC(=O)N2CCC(C)(C(=O)O)C2)C1. The highest BCUT2D eigenvalue weighted by atomic mass is 16.4. The summed E-state index contributed by atoms with van der Waals surface area (Å²) < 4.78 is 1.84. The van der Waals surface area contributed by atoms with Crippen LogP contribution < -0.4 is 10.2 Å². The number of amides is 2. The monoisotopic (exact) mass is 335 g/mol. The Morgan fingerprint density at radius 3 is 2.83 bits per heavy atom. The van der Waals surface area contributed by atoms with Crippen molar-refractivity contribution in [1.82, 2.24) is 20.0 Å². The van der Waals surface area contributed by atoms with Crippen molar-refractivity contribution in [2.75, 3.05) is 31.1 Å². The number of hydrogen-bond donors (Lipinski definition) is 2. The van der Waals surface area contributed by atoms with Crippen molar-refractivity contribution in [1.29, 1.82) is 0 Å². The number of aromatic nitrogens is 2. The second-order valence-corrected chi connectivity index (χ2v) is 7.09. The normalized spacial score (nSPS) is 27.3. The highest BCUT2D eigenvalue weighted by Crippen LogP contribution is 2.30. The number of aryl methyl sites for hydroxylation is 1. The highest BCUT2D eigenvalue weighted by molar-refractivity contribution is 5.79. The molecule has 8 nitrogen and oxygen atoms in total. The van der Waals surface area contributed by atoms with E-state index in [2.05, 4.69) is 15.3 Å². The van der Waals surface area contributed by atoms with Crippen LogP contribution >= 0.6 is 0 Å². The molecule has 2 amide bonds. The number of carbonyl (C=O) groups is 2. The molecule has 2 aliphatic heterocycles. The van der Waals surface area contributed by atoms with Gasteiger partial charge in [0.2, 0.25) is 0 Å². The van der Waals surface area contributed by atoms with Crippen molar-refractivity contribution in [3.05, 3.63) is 12.3 Å². The van der Waals surface area contributed by atoms with Crippen LogP contribution in [-0.4, -0.2) is 64.0 Å². The number of anilines is 1. The van der Waals surface area contributed by atoms with Gasteiger partial charge in [-0.1, -0.05) is 0 Å². The molecule has 3 rings (SSSR count). The van der Waals surface area contributed by atoms with Crippen LogP contribution in [0.5, 0.6) is 0 Å². The van der Waals surface area contributed by atoms with E-state index < -0.39 is 11.4 Å². The Balaban J connectivity index is 1.57. The molecule has 0 radical (unpaired) electrons. The van der Waals surface area contributed by atoms with E-state index in [1.54, 1.807) is 18.0 Å². The van der Waals surface area contributed by atoms with Gasteiger partial charge in [0, 0.05) is 45.3 Å². The lowest BCUT2D eigenvalue weighted by Gasteiger charge is -2.35. The van der Waals surface area contributed by atoms with Gasteiger partial charge in [-0.3, -0.25) is 9.48 Å². The Morgan fingerprint density at radius 1 is 1.42 bits per heavy atom. The van der Waals surface area contributed by atoms with E-state index in [1.807, 2.05) is 17.8 Å². The fourth-order valence-electron chi connectivity index (χ4n) is 3.56. The number of aliphatic carboxylic acids is 1. The summed E-state index contributed by atoms with van der Waals surface area (Å²) in [5, 5.41) is 16.6. The van der Waals surface area contributed by atoms with Gasteiger partial charge in [0.05, 0.1) is 11.6 Å². The third-order valence-electron chi connectivity index (χ3n) is 5.14. The number of nitrogens with zero attached hydrogens (tertiary/aromatic N) is 4. The zero-order valence-electron chi connectivity index (χ0n) is 14.2. The van der Waals surface area contributed by atoms with Crippen LogP contribution in [0.25, 0.3) is 0 Å². The molecule has 132 valence electrons. The van der Waals surface area contributed by atoms with Gasteiger partial charge in [0.15, 0.2) is 0 Å². The average molecular weight is 335 g/mol. The number of likely N-dealkylation sites (tertiary alicyclic amines) is 1. The summed E-state index contributed by atoms with van der Waals surface area (Å²) in [6.45, 7) is 4.16. The molecule has 3 heterocycles. The van der Waals surface area contributed by atoms with Gasteiger partial charge >= 0.3 is 12.0 Å². The third-order valence-corrected chi connectivity index (χ3v) is 5.14. The first-order valence-corrected chi connectivity index (χ1v) is 8.41. The molecule has 0 bridgehead atoms. The first-order valence-electron chi connectivity index (χ1n) is 8.41. The molecule has 0 spiro atoms. The largest absolute Gasteiger partial charge is 0.481 e. The molecule has 2 saturated heterocycles. The Hall–Kier alpha value is -2.25. The first kappa shape index (κ1) is 16.6. The topological polar surface area (TPSA) is 90.7 Å². The Labute approximate surface area is 141 Å². The summed E-state index contributed by atoms with van der Waals surface area (Å²) in [6.07, 6.45) is 4.21. The second-order valence-electron chi connectivity index (χ2n) is 7.09. The zero-order valence-corrected chi connectivity index (χ0v) is 14.2. The minimum absolute atomic E-state index is 0.0674. The lowest BCUT2D eigenvalue weighted by atomic mass is 9.90. The summed E-state index contributed by atoms with van der Waals surface area (Å²) in [4.78, 5) is 27.6. The molecule has 0 saturated carbocycles. The minimum atomic E-state index is -0.835. The summed E-state index contributed by atoms with van der Waals surface area (Å²) in [6, 6.07) is 1.89. The molecular weight excluding hydrogens is 310 g/mol. The average Bonchev–Trinajstić information content (AvgIpc) is 3.14. The maximum atomic E-state index is 12.5. The summed E-state index contributed by atoms with van der Waals surface area (Å²) in [5.74, 6) is 0.214. The van der Waals surface area contributed by atoms with E-state index in [-0.39, 0.29) is 18.6 Å². The quantitative estimate of drug-likeness (QED) is 0.856. The Kier molecular flexibility index (Phi) is 4.38. The molecule has 0 aromatic carbocycles. The van der Waals surface area contributed by atoms with E-state index in [0.717, 1.165) is 31.7 Å². The van der Waals surface area contributed by atoms with Crippen molar-refractivity contribution in [3.63, 3.8) is 0 Å². The number of piperidine rings is 1. The number of carboxylic acids is 1. The fraction of sp³-hybridized carbons (Fsp3) is 0.688. The maximum Gasteiger partial charge on any atom is 0.317 e. The van der Waals surface area contributed by atoms with Crippen LogP contribution in [0.15, 0.2) is 12.3 Å². The second kappa shape index (κ2) is 6.33. The number of rotatable bonds is 3. The standard InChI is InChI=1S/C16H25N5O3/c1-16(14(22)23)6-9-21(11-16)15(24)18-12-4-3-8-20(10-12)13-5-7-17-19(13)2/h5,7,12H,3-4,6,8-11H2,1-2H3,(H,18,24)(H,22,23). The van der Waals surface area contributed by atoms with Gasteiger partial charge in [0.25, 0.3) is 0 Å². The fourth-order valence-corrected chi connectivity index (χ4v) is 3.56. The molecule has 0 aliphatic carbocycles. The molecule has 2 fully saturated rings. The van der Waals surface area contributed by atoms with Crippen LogP contribution in [0.4, 0.5) is 10.6 Å². The predicted molar refractivity (Wildman–Crippen MR) is 88.9 cm³/mol. The Bertz CT molecular complexity index is 631. The summed E-state index contributed by atoms with van der Waals surface area (Å²) in [7, 11) is 1.91. The number of carboxylic acid groups (broad SMARTS) is 1.